The Morgan fingerprint density at radius 2 is 2.00 bits per heavy atom. The average molecular weight is 507 g/mol. The second-order valence-electron chi connectivity index (χ2n) is 8.63. The molecule has 3 amide bonds. The minimum Gasteiger partial charge on any atom is -0.347 e. The third-order valence-electron chi connectivity index (χ3n) is 5.96. The molecule has 1 aromatic heterocycles. The van der Waals surface area contributed by atoms with Crippen LogP contribution in [0.3, 0.4) is 0 Å². The quantitative estimate of drug-likeness (QED) is 0.347. The predicted molar refractivity (Wildman–Crippen MR) is 139 cm³/mol. The van der Waals surface area contributed by atoms with E-state index in [9.17, 15) is 14.4 Å². The number of carbonyl (C=O) groups excluding carboxylic acids is 3. The van der Waals surface area contributed by atoms with Gasteiger partial charge in [-0.25, -0.2) is 0 Å². The molecule has 2 aromatic carbocycles. The summed E-state index contributed by atoms with van der Waals surface area (Å²) in [5.41, 5.74) is 3.31. The number of hydrogen-bond acceptors (Lipinski definition) is 5. The normalized spacial score (nSPS) is 15.3. The molecule has 36 heavy (non-hydrogen) atoms. The second-order valence-corrected chi connectivity index (χ2v) is 9.04. The molecule has 4 rings (SSSR count). The SMILES string of the molecule is C=CC(=O)Nc1cccc(CN2CC[C@H](NC(=O)c3[nH]ncc3NC(=O)c3c(C)cccc3Cl)C2)c1. The summed E-state index contributed by atoms with van der Waals surface area (Å²) in [5, 5.41) is 15.5. The molecule has 1 saturated heterocycles. The largest absolute Gasteiger partial charge is 0.347 e. The van der Waals surface area contributed by atoms with E-state index in [4.69, 9.17) is 11.6 Å². The molecule has 10 heteroatoms. The second kappa shape index (κ2) is 11.2. The van der Waals surface area contributed by atoms with Gasteiger partial charge in [-0.2, -0.15) is 5.10 Å². The molecular weight excluding hydrogens is 480 g/mol. The zero-order valence-electron chi connectivity index (χ0n) is 19.8. The molecule has 0 saturated carbocycles. The third kappa shape index (κ3) is 5.99. The van der Waals surface area contributed by atoms with E-state index in [1.54, 1.807) is 25.1 Å². The first-order valence-electron chi connectivity index (χ1n) is 11.5. The zero-order valence-corrected chi connectivity index (χ0v) is 20.6. The summed E-state index contributed by atoms with van der Waals surface area (Å²) >= 11 is 6.20. The van der Waals surface area contributed by atoms with Crippen LogP contribution in [-0.4, -0.2) is 52.0 Å². The molecule has 0 spiro atoms. The monoisotopic (exact) mass is 506 g/mol. The molecule has 1 atom stereocenters. The minimum atomic E-state index is -0.410. The number of likely N-dealkylation sites (tertiary alicyclic amines) is 1. The molecule has 0 radical (unpaired) electrons. The Morgan fingerprint density at radius 3 is 2.78 bits per heavy atom. The van der Waals surface area contributed by atoms with E-state index >= 15 is 0 Å². The molecule has 2 heterocycles. The molecule has 1 aliphatic rings. The fraction of sp³-hybridized carbons (Fsp3) is 0.231. The maximum Gasteiger partial charge on any atom is 0.271 e. The van der Waals surface area contributed by atoms with Crippen LogP contribution in [0.15, 0.2) is 61.3 Å². The van der Waals surface area contributed by atoms with E-state index in [-0.39, 0.29) is 29.2 Å². The van der Waals surface area contributed by atoms with E-state index in [1.807, 2.05) is 24.3 Å². The van der Waals surface area contributed by atoms with Crippen LogP contribution < -0.4 is 16.0 Å². The lowest BCUT2D eigenvalue weighted by molar-refractivity contribution is -0.111. The zero-order chi connectivity index (χ0) is 25.7. The van der Waals surface area contributed by atoms with Gasteiger partial charge in [0.25, 0.3) is 11.8 Å². The van der Waals surface area contributed by atoms with Crippen LogP contribution >= 0.6 is 11.6 Å². The van der Waals surface area contributed by atoms with Gasteiger partial charge < -0.3 is 16.0 Å². The molecule has 3 aromatic rings. The lowest BCUT2D eigenvalue weighted by atomic mass is 10.1. The maximum atomic E-state index is 12.9. The lowest BCUT2D eigenvalue weighted by Gasteiger charge is -2.17. The van der Waals surface area contributed by atoms with Crippen LogP contribution in [-0.2, 0) is 11.3 Å². The van der Waals surface area contributed by atoms with Gasteiger partial charge in [0, 0.05) is 31.4 Å². The smallest absolute Gasteiger partial charge is 0.271 e. The van der Waals surface area contributed by atoms with Crippen molar-refractivity contribution >= 4 is 40.7 Å². The van der Waals surface area contributed by atoms with Crippen molar-refractivity contribution in [3.05, 3.63) is 88.7 Å². The van der Waals surface area contributed by atoms with Gasteiger partial charge in [0.1, 0.15) is 5.69 Å². The topological polar surface area (TPSA) is 119 Å². The first-order valence-corrected chi connectivity index (χ1v) is 11.9. The Bertz CT molecular complexity index is 1280. The lowest BCUT2D eigenvalue weighted by Crippen LogP contribution is -2.37. The van der Waals surface area contributed by atoms with Crippen LogP contribution in [0.2, 0.25) is 5.02 Å². The molecule has 0 bridgehead atoms. The van der Waals surface area contributed by atoms with Crippen molar-refractivity contribution in [2.24, 2.45) is 0 Å². The molecule has 0 unspecified atom stereocenters. The Balaban J connectivity index is 1.34. The highest BCUT2D eigenvalue weighted by Crippen LogP contribution is 2.22. The van der Waals surface area contributed by atoms with Crippen molar-refractivity contribution in [1.82, 2.24) is 20.4 Å². The van der Waals surface area contributed by atoms with E-state index in [0.717, 1.165) is 24.1 Å². The first kappa shape index (κ1) is 25.2. The summed E-state index contributed by atoms with van der Waals surface area (Å²) in [7, 11) is 0. The Hall–Kier alpha value is -3.95. The molecule has 1 fully saturated rings. The summed E-state index contributed by atoms with van der Waals surface area (Å²) < 4.78 is 0. The first-order chi connectivity index (χ1) is 17.3. The van der Waals surface area contributed by atoms with E-state index in [1.165, 1.54) is 12.3 Å². The van der Waals surface area contributed by atoms with Crippen LogP contribution in [0.1, 0.15) is 38.4 Å². The molecule has 0 aliphatic carbocycles. The predicted octanol–water partition coefficient (Wildman–Crippen LogP) is 3.75. The highest BCUT2D eigenvalue weighted by Gasteiger charge is 2.26. The number of hydrogen-bond donors (Lipinski definition) is 4. The summed E-state index contributed by atoms with van der Waals surface area (Å²) in [6, 6.07) is 12.8. The number of anilines is 2. The number of nitrogens with zero attached hydrogens (tertiary/aromatic N) is 2. The molecule has 9 nitrogen and oxygen atoms in total. The molecule has 186 valence electrons. The number of aromatic nitrogens is 2. The Labute approximate surface area is 213 Å². The van der Waals surface area contributed by atoms with Crippen molar-refractivity contribution in [3.63, 3.8) is 0 Å². The highest BCUT2D eigenvalue weighted by molar-refractivity contribution is 6.34. The number of amides is 3. The number of carbonyl (C=O) groups is 3. The number of halogens is 1. The van der Waals surface area contributed by atoms with E-state index in [2.05, 4.69) is 37.6 Å². The van der Waals surface area contributed by atoms with Gasteiger partial charge in [-0.15, -0.1) is 0 Å². The maximum absolute atomic E-state index is 12.9. The van der Waals surface area contributed by atoms with Crippen LogP contribution in [0, 0.1) is 6.92 Å². The van der Waals surface area contributed by atoms with Crippen molar-refractivity contribution < 1.29 is 14.4 Å². The number of H-pyrrole nitrogens is 1. The Kier molecular flexibility index (Phi) is 7.82. The van der Waals surface area contributed by atoms with Crippen molar-refractivity contribution in [1.29, 1.82) is 0 Å². The van der Waals surface area contributed by atoms with Crippen LogP contribution in [0.25, 0.3) is 0 Å². The van der Waals surface area contributed by atoms with Gasteiger partial charge in [0.15, 0.2) is 0 Å². The summed E-state index contributed by atoms with van der Waals surface area (Å²) in [6.45, 7) is 7.43. The molecule has 1 aliphatic heterocycles. The van der Waals surface area contributed by atoms with E-state index in [0.29, 0.717) is 29.4 Å². The summed E-state index contributed by atoms with van der Waals surface area (Å²) in [4.78, 5) is 39.5. The van der Waals surface area contributed by atoms with Gasteiger partial charge >= 0.3 is 0 Å². The van der Waals surface area contributed by atoms with Gasteiger partial charge in [-0.1, -0.05) is 42.4 Å². The van der Waals surface area contributed by atoms with Crippen LogP contribution in [0.4, 0.5) is 11.4 Å². The van der Waals surface area contributed by atoms with Gasteiger partial charge in [0.2, 0.25) is 5.91 Å². The molecule has 4 N–H and O–H groups in total. The average Bonchev–Trinajstić information content (AvgIpc) is 3.48. The molecular formula is C26H27ClN6O3. The summed E-state index contributed by atoms with van der Waals surface area (Å²) in [6.07, 6.45) is 3.42. The van der Waals surface area contributed by atoms with Gasteiger partial charge in [-0.05, 0) is 48.7 Å². The van der Waals surface area contributed by atoms with Gasteiger partial charge in [0.05, 0.1) is 22.5 Å². The van der Waals surface area contributed by atoms with Gasteiger partial charge in [-0.3, -0.25) is 24.4 Å². The number of aromatic amines is 1. The number of aryl methyl sites for hydroxylation is 1. The summed E-state index contributed by atoms with van der Waals surface area (Å²) in [5.74, 6) is -1.01. The van der Waals surface area contributed by atoms with Crippen LogP contribution in [0.5, 0.6) is 0 Å². The van der Waals surface area contributed by atoms with Crippen molar-refractivity contribution in [2.45, 2.75) is 25.9 Å². The van der Waals surface area contributed by atoms with Crippen molar-refractivity contribution in [3.8, 4) is 0 Å². The number of nitrogens with one attached hydrogen (secondary N) is 4. The van der Waals surface area contributed by atoms with E-state index < -0.39 is 5.91 Å². The highest BCUT2D eigenvalue weighted by atomic mass is 35.5. The fourth-order valence-electron chi connectivity index (χ4n) is 4.21. The minimum absolute atomic E-state index is 0.0567. The number of benzene rings is 2. The fourth-order valence-corrected chi connectivity index (χ4v) is 4.52. The Morgan fingerprint density at radius 1 is 1.19 bits per heavy atom. The van der Waals surface area contributed by atoms with Crippen molar-refractivity contribution in [2.75, 3.05) is 23.7 Å². The number of rotatable bonds is 8. The third-order valence-corrected chi connectivity index (χ3v) is 6.27. The standard InChI is InChI=1S/C26H27ClN6O3/c1-3-22(34)29-18-8-5-7-17(12-18)14-33-11-10-19(15-33)30-26(36)24-21(13-28-32-24)31-25(35)23-16(2)6-4-9-20(23)27/h3-9,12-13,19H,1,10-11,14-15H2,2H3,(H,28,32)(H,29,34)(H,30,36)(H,31,35)/t19-/m0/s1.